The molecule has 1 aliphatic rings. The van der Waals surface area contributed by atoms with Crippen molar-refractivity contribution < 1.29 is 14.3 Å². The van der Waals surface area contributed by atoms with Crippen LogP contribution in [-0.4, -0.2) is 13.1 Å². The lowest BCUT2D eigenvalue weighted by Crippen LogP contribution is -1.97. The van der Waals surface area contributed by atoms with Crippen LogP contribution in [0.2, 0.25) is 0 Å². The van der Waals surface area contributed by atoms with Crippen molar-refractivity contribution in [3.05, 3.63) is 76.4 Å². The molecule has 0 unspecified atom stereocenters. The summed E-state index contributed by atoms with van der Waals surface area (Å²) in [6.45, 7) is 4.01. The zero-order chi connectivity index (χ0) is 16.4. The van der Waals surface area contributed by atoms with E-state index in [-0.39, 0.29) is 5.97 Å². The number of benzene rings is 2. The van der Waals surface area contributed by atoms with E-state index in [0.29, 0.717) is 11.3 Å². The molecule has 0 saturated heterocycles. The Morgan fingerprint density at radius 2 is 1.78 bits per heavy atom. The number of carbonyl (C=O) groups excluding carboxylic acids is 1. The highest BCUT2D eigenvalue weighted by atomic mass is 16.5. The van der Waals surface area contributed by atoms with E-state index in [9.17, 15) is 4.79 Å². The third-order valence-corrected chi connectivity index (χ3v) is 3.85. The SMILES string of the molecule is COc1ccc(C=C2C=C(c3ccc(C)cc3)OC2=O)c(C)c1. The number of hydrogen-bond acceptors (Lipinski definition) is 3. The topological polar surface area (TPSA) is 35.5 Å². The summed E-state index contributed by atoms with van der Waals surface area (Å²) in [4.78, 5) is 12.1. The molecular formula is C20H18O3. The first-order chi connectivity index (χ1) is 11.1. The minimum atomic E-state index is -0.323. The van der Waals surface area contributed by atoms with Gasteiger partial charge in [0.1, 0.15) is 11.5 Å². The van der Waals surface area contributed by atoms with Crippen LogP contribution in [0.4, 0.5) is 0 Å². The molecule has 0 aliphatic carbocycles. The fourth-order valence-electron chi connectivity index (χ4n) is 2.45. The smallest absolute Gasteiger partial charge is 0.343 e. The molecule has 3 heteroatoms. The summed E-state index contributed by atoms with van der Waals surface area (Å²) in [6, 6.07) is 13.7. The van der Waals surface area contributed by atoms with Crippen LogP contribution in [-0.2, 0) is 9.53 Å². The monoisotopic (exact) mass is 306 g/mol. The Morgan fingerprint density at radius 1 is 1.04 bits per heavy atom. The Bertz CT molecular complexity index is 811. The highest BCUT2D eigenvalue weighted by Crippen LogP contribution is 2.28. The Hall–Kier alpha value is -2.81. The molecule has 0 amide bonds. The Morgan fingerprint density at radius 3 is 2.43 bits per heavy atom. The zero-order valence-corrected chi connectivity index (χ0v) is 13.4. The second kappa shape index (κ2) is 6.13. The average molecular weight is 306 g/mol. The van der Waals surface area contributed by atoms with E-state index >= 15 is 0 Å². The minimum absolute atomic E-state index is 0.323. The molecule has 2 aromatic rings. The largest absolute Gasteiger partial charge is 0.497 e. The molecule has 0 saturated carbocycles. The predicted octanol–water partition coefficient (Wildman–Crippen LogP) is 4.29. The predicted molar refractivity (Wildman–Crippen MR) is 91.0 cm³/mol. The molecule has 23 heavy (non-hydrogen) atoms. The Labute approximate surface area is 135 Å². The molecule has 0 aromatic heterocycles. The third-order valence-electron chi connectivity index (χ3n) is 3.85. The first kappa shape index (κ1) is 15.1. The molecule has 1 aliphatic heterocycles. The quantitative estimate of drug-likeness (QED) is 0.627. The number of hydrogen-bond donors (Lipinski definition) is 0. The van der Waals surface area contributed by atoms with Gasteiger partial charge in [-0.1, -0.05) is 35.9 Å². The second-order valence-electron chi connectivity index (χ2n) is 5.59. The van der Waals surface area contributed by atoms with Gasteiger partial charge in [-0.15, -0.1) is 0 Å². The first-order valence-corrected chi connectivity index (χ1v) is 7.44. The van der Waals surface area contributed by atoms with Crippen molar-refractivity contribution in [2.24, 2.45) is 0 Å². The molecule has 0 spiro atoms. The molecule has 0 fully saturated rings. The van der Waals surface area contributed by atoms with Crippen molar-refractivity contribution in [1.82, 2.24) is 0 Å². The van der Waals surface area contributed by atoms with Crippen molar-refractivity contribution >= 4 is 17.8 Å². The zero-order valence-electron chi connectivity index (χ0n) is 13.4. The molecule has 3 rings (SSSR count). The molecule has 0 atom stereocenters. The van der Waals surface area contributed by atoms with Crippen LogP contribution >= 0.6 is 0 Å². The number of methoxy groups -OCH3 is 1. The van der Waals surface area contributed by atoms with E-state index in [1.807, 2.05) is 62.4 Å². The van der Waals surface area contributed by atoms with Gasteiger partial charge in [-0.2, -0.15) is 0 Å². The molecule has 1 heterocycles. The van der Waals surface area contributed by atoms with Gasteiger partial charge >= 0.3 is 5.97 Å². The average Bonchev–Trinajstić information content (AvgIpc) is 2.91. The van der Waals surface area contributed by atoms with Crippen molar-refractivity contribution in [2.75, 3.05) is 7.11 Å². The maximum atomic E-state index is 12.1. The summed E-state index contributed by atoms with van der Waals surface area (Å²) in [5.41, 5.74) is 4.64. The van der Waals surface area contributed by atoms with Gasteiger partial charge in [-0.25, -0.2) is 4.79 Å². The van der Waals surface area contributed by atoms with Crippen LogP contribution in [0, 0.1) is 13.8 Å². The van der Waals surface area contributed by atoms with E-state index in [0.717, 1.165) is 22.4 Å². The Kier molecular flexibility index (Phi) is 4.02. The molecule has 116 valence electrons. The van der Waals surface area contributed by atoms with E-state index in [2.05, 4.69) is 0 Å². The van der Waals surface area contributed by atoms with E-state index < -0.39 is 0 Å². The lowest BCUT2D eigenvalue weighted by molar-refractivity contribution is -0.130. The summed E-state index contributed by atoms with van der Waals surface area (Å²) in [7, 11) is 1.64. The summed E-state index contributed by atoms with van der Waals surface area (Å²) in [5, 5.41) is 0. The van der Waals surface area contributed by atoms with Gasteiger partial charge in [0.05, 0.1) is 12.7 Å². The van der Waals surface area contributed by atoms with Crippen molar-refractivity contribution in [2.45, 2.75) is 13.8 Å². The molecule has 0 radical (unpaired) electrons. The number of carbonyl (C=O) groups is 1. The van der Waals surface area contributed by atoms with Crippen LogP contribution in [0.3, 0.4) is 0 Å². The van der Waals surface area contributed by atoms with Gasteiger partial charge in [0.15, 0.2) is 0 Å². The molecular weight excluding hydrogens is 288 g/mol. The van der Waals surface area contributed by atoms with Crippen LogP contribution in [0.1, 0.15) is 22.3 Å². The summed E-state index contributed by atoms with van der Waals surface area (Å²) >= 11 is 0. The van der Waals surface area contributed by atoms with Crippen molar-refractivity contribution in [3.8, 4) is 5.75 Å². The number of aryl methyl sites for hydroxylation is 2. The molecule has 0 bridgehead atoms. The standard InChI is InChI=1S/C20H18O3/c1-13-4-6-15(7-5-13)19-12-17(20(21)23-19)11-16-8-9-18(22-3)10-14(16)2/h4-12H,1-3H3. The van der Waals surface area contributed by atoms with Crippen LogP contribution in [0.5, 0.6) is 5.75 Å². The number of rotatable bonds is 3. The van der Waals surface area contributed by atoms with Crippen LogP contribution < -0.4 is 4.74 Å². The van der Waals surface area contributed by atoms with Gasteiger partial charge in [-0.05, 0) is 49.3 Å². The maximum Gasteiger partial charge on any atom is 0.343 e. The van der Waals surface area contributed by atoms with E-state index in [1.165, 1.54) is 5.56 Å². The molecule has 3 nitrogen and oxygen atoms in total. The van der Waals surface area contributed by atoms with E-state index in [1.54, 1.807) is 13.2 Å². The molecule has 0 N–H and O–H groups in total. The summed E-state index contributed by atoms with van der Waals surface area (Å²) in [6.07, 6.45) is 3.63. The van der Waals surface area contributed by atoms with E-state index in [4.69, 9.17) is 9.47 Å². The Balaban J connectivity index is 1.93. The number of ether oxygens (including phenoxy) is 2. The normalized spacial score (nSPS) is 15.5. The van der Waals surface area contributed by atoms with Gasteiger partial charge in [0.25, 0.3) is 0 Å². The summed E-state index contributed by atoms with van der Waals surface area (Å²) in [5.74, 6) is 1.07. The number of esters is 1. The fraction of sp³-hybridized carbons (Fsp3) is 0.150. The third kappa shape index (κ3) is 3.19. The fourth-order valence-corrected chi connectivity index (χ4v) is 2.45. The van der Waals surface area contributed by atoms with Gasteiger partial charge in [0, 0.05) is 5.56 Å². The molecule has 2 aromatic carbocycles. The maximum absolute atomic E-state index is 12.1. The second-order valence-corrected chi connectivity index (χ2v) is 5.59. The number of cyclic esters (lactones) is 1. The first-order valence-electron chi connectivity index (χ1n) is 7.44. The highest BCUT2D eigenvalue weighted by Gasteiger charge is 2.22. The lowest BCUT2D eigenvalue weighted by atomic mass is 10.0. The van der Waals surface area contributed by atoms with Gasteiger partial charge in [-0.3, -0.25) is 0 Å². The van der Waals surface area contributed by atoms with Gasteiger partial charge in [0.2, 0.25) is 0 Å². The lowest BCUT2D eigenvalue weighted by Gasteiger charge is -2.04. The van der Waals surface area contributed by atoms with Gasteiger partial charge < -0.3 is 9.47 Å². The minimum Gasteiger partial charge on any atom is -0.497 e. The summed E-state index contributed by atoms with van der Waals surface area (Å²) < 4.78 is 10.6. The van der Waals surface area contributed by atoms with Crippen molar-refractivity contribution in [3.63, 3.8) is 0 Å². The van der Waals surface area contributed by atoms with Crippen molar-refractivity contribution in [1.29, 1.82) is 0 Å². The van der Waals surface area contributed by atoms with Crippen LogP contribution in [0.15, 0.2) is 54.1 Å². The van der Waals surface area contributed by atoms with Crippen LogP contribution in [0.25, 0.3) is 11.8 Å². The highest BCUT2D eigenvalue weighted by molar-refractivity contribution is 6.05.